The van der Waals surface area contributed by atoms with Crippen molar-refractivity contribution in [2.45, 2.75) is 13.8 Å². The lowest BCUT2D eigenvalue weighted by Crippen LogP contribution is -2.12. The summed E-state index contributed by atoms with van der Waals surface area (Å²) in [6.45, 7) is 3.93. The third kappa shape index (κ3) is 2.86. The topological polar surface area (TPSA) is 64.2 Å². The van der Waals surface area contributed by atoms with Crippen LogP contribution in [0.4, 0.5) is 5.69 Å². The van der Waals surface area contributed by atoms with Crippen molar-refractivity contribution in [3.8, 4) is 11.1 Å². The highest BCUT2D eigenvalue weighted by Crippen LogP contribution is 2.22. The lowest BCUT2D eigenvalue weighted by atomic mass is 10.1. The Morgan fingerprint density at radius 1 is 1.08 bits per heavy atom. The van der Waals surface area contributed by atoms with Crippen molar-refractivity contribution < 1.29 is 4.79 Å². The van der Waals surface area contributed by atoms with Crippen LogP contribution in [0.25, 0.3) is 16.8 Å². The summed E-state index contributed by atoms with van der Waals surface area (Å²) in [5.41, 5.74) is 6.01. The zero-order valence-electron chi connectivity index (χ0n) is 14.9. The van der Waals surface area contributed by atoms with Gasteiger partial charge in [0.15, 0.2) is 0 Å². The Labute approximate surface area is 151 Å². The first-order valence-electron chi connectivity index (χ1n) is 8.37. The number of nitrogens with one attached hydrogen (secondary N) is 1. The largest absolute Gasteiger partial charge is 0.322 e. The number of anilines is 1. The number of hydrogen-bond donors (Lipinski definition) is 1. The van der Waals surface area contributed by atoms with Gasteiger partial charge in [-0.3, -0.25) is 9.48 Å². The van der Waals surface area contributed by atoms with Gasteiger partial charge in [0, 0.05) is 42.1 Å². The summed E-state index contributed by atoms with van der Waals surface area (Å²) in [6.07, 6.45) is 5.64. The molecule has 0 radical (unpaired) electrons. The zero-order valence-corrected chi connectivity index (χ0v) is 14.9. The molecule has 4 aromatic rings. The molecule has 4 rings (SSSR count). The van der Waals surface area contributed by atoms with Gasteiger partial charge in [-0.05, 0) is 43.7 Å². The van der Waals surface area contributed by atoms with Gasteiger partial charge in [-0.25, -0.2) is 4.98 Å². The molecule has 0 saturated carbocycles. The lowest BCUT2D eigenvalue weighted by Gasteiger charge is -2.07. The molecule has 0 spiro atoms. The maximum Gasteiger partial charge on any atom is 0.259 e. The van der Waals surface area contributed by atoms with E-state index < -0.39 is 0 Å². The molecule has 0 unspecified atom stereocenters. The van der Waals surface area contributed by atoms with Crippen LogP contribution in [0.3, 0.4) is 0 Å². The second-order valence-corrected chi connectivity index (χ2v) is 6.40. The number of fused-ring (bicyclic) bond motifs is 1. The van der Waals surface area contributed by atoms with Gasteiger partial charge in [0.1, 0.15) is 5.65 Å². The third-order valence-corrected chi connectivity index (χ3v) is 4.36. The SMILES string of the molecule is Cc1cc(C)n2ccc(C(=O)Nc3ccc(-c4cnn(C)c4)cc3)c2n1. The highest BCUT2D eigenvalue weighted by Gasteiger charge is 2.14. The number of aryl methyl sites for hydroxylation is 3. The number of amides is 1. The average Bonchev–Trinajstić information content (AvgIpc) is 3.22. The third-order valence-electron chi connectivity index (χ3n) is 4.36. The quantitative estimate of drug-likeness (QED) is 0.617. The van der Waals surface area contributed by atoms with Crippen LogP contribution in [0.5, 0.6) is 0 Å². The van der Waals surface area contributed by atoms with E-state index in [1.165, 1.54) is 0 Å². The smallest absolute Gasteiger partial charge is 0.259 e. The predicted octanol–water partition coefficient (Wildman–Crippen LogP) is 3.60. The molecule has 1 N–H and O–H groups in total. The van der Waals surface area contributed by atoms with E-state index in [0.29, 0.717) is 11.2 Å². The molecule has 26 heavy (non-hydrogen) atoms. The van der Waals surface area contributed by atoms with E-state index in [4.69, 9.17) is 0 Å². The van der Waals surface area contributed by atoms with Crippen molar-refractivity contribution >= 4 is 17.2 Å². The van der Waals surface area contributed by atoms with Crippen molar-refractivity contribution in [2.75, 3.05) is 5.32 Å². The Morgan fingerprint density at radius 2 is 1.85 bits per heavy atom. The number of carbonyl (C=O) groups is 1. The Hall–Kier alpha value is -3.41. The molecule has 6 heteroatoms. The number of aromatic nitrogens is 4. The second-order valence-electron chi connectivity index (χ2n) is 6.40. The summed E-state index contributed by atoms with van der Waals surface area (Å²) in [5, 5.41) is 7.12. The fourth-order valence-corrected chi connectivity index (χ4v) is 3.09. The minimum Gasteiger partial charge on any atom is -0.322 e. The first-order valence-corrected chi connectivity index (χ1v) is 8.37. The van der Waals surface area contributed by atoms with Gasteiger partial charge in [-0.15, -0.1) is 0 Å². The minimum atomic E-state index is -0.167. The van der Waals surface area contributed by atoms with Crippen LogP contribution in [0, 0.1) is 13.8 Å². The molecular formula is C20H19N5O. The highest BCUT2D eigenvalue weighted by atomic mass is 16.1. The Bertz CT molecular complexity index is 1110. The van der Waals surface area contributed by atoms with E-state index in [1.54, 1.807) is 10.7 Å². The van der Waals surface area contributed by atoms with E-state index in [1.807, 2.05) is 74.2 Å². The van der Waals surface area contributed by atoms with Gasteiger partial charge in [0.05, 0.1) is 11.8 Å². The van der Waals surface area contributed by atoms with E-state index in [9.17, 15) is 4.79 Å². The van der Waals surface area contributed by atoms with E-state index >= 15 is 0 Å². The summed E-state index contributed by atoms with van der Waals surface area (Å²) in [5.74, 6) is -0.167. The molecule has 6 nitrogen and oxygen atoms in total. The van der Waals surface area contributed by atoms with Crippen LogP contribution in [0.2, 0.25) is 0 Å². The van der Waals surface area contributed by atoms with Gasteiger partial charge >= 0.3 is 0 Å². The number of hydrogen-bond acceptors (Lipinski definition) is 3. The first kappa shape index (κ1) is 16.1. The van der Waals surface area contributed by atoms with Crippen LogP contribution in [0.1, 0.15) is 21.7 Å². The predicted molar refractivity (Wildman–Crippen MR) is 101 cm³/mol. The second kappa shape index (κ2) is 6.15. The van der Waals surface area contributed by atoms with Gasteiger partial charge < -0.3 is 9.72 Å². The molecule has 0 atom stereocenters. The standard InChI is InChI=1S/C20H19N5O/c1-13-10-14(2)25-9-8-18(19(25)22-13)20(26)23-17-6-4-15(5-7-17)16-11-21-24(3)12-16/h4-12H,1-3H3,(H,23,26). The Kier molecular flexibility index (Phi) is 3.80. The fraction of sp³-hybridized carbons (Fsp3) is 0.150. The summed E-state index contributed by atoms with van der Waals surface area (Å²) in [7, 11) is 1.89. The summed E-state index contributed by atoms with van der Waals surface area (Å²) in [6, 6.07) is 11.5. The van der Waals surface area contributed by atoms with Crippen LogP contribution < -0.4 is 5.32 Å². The number of rotatable bonds is 3. The minimum absolute atomic E-state index is 0.167. The molecular weight excluding hydrogens is 326 g/mol. The van der Waals surface area contributed by atoms with Gasteiger partial charge in [-0.1, -0.05) is 12.1 Å². The molecule has 0 aliphatic rings. The molecule has 1 amide bonds. The van der Waals surface area contributed by atoms with Crippen molar-refractivity contribution in [2.24, 2.45) is 7.05 Å². The van der Waals surface area contributed by atoms with Gasteiger partial charge in [-0.2, -0.15) is 5.10 Å². The van der Waals surface area contributed by atoms with Crippen molar-refractivity contribution in [1.29, 1.82) is 0 Å². The molecule has 3 heterocycles. The molecule has 0 bridgehead atoms. The number of benzene rings is 1. The van der Waals surface area contributed by atoms with E-state index in [0.717, 1.165) is 28.2 Å². The Balaban J connectivity index is 1.59. The van der Waals surface area contributed by atoms with E-state index in [-0.39, 0.29) is 5.91 Å². The lowest BCUT2D eigenvalue weighted by molar-refractivity contribution is 0.102. The highest BCUT2D eigenvalue weighted by molar-refractivity contribution is 6.08. The van der Waals surface area contributed by atoms with Crippen LogP contribution in [0.15, 0.2) is 55.0 Å². The molecule has 0 saturated heterocycles. The first-order chi connectivity index (χ1) is 12.5. The maximum atomic E-state index is 12.7. The monoisotopic (exact) mass is 345 g/mol. The normalized spacial score (nSPS) is 11.0. The summed E-state index contributed by atoms with van der Waals surface area (Å²) in [4.78, 5) is 17.2. The van der Waals surface area contributed by atoms with Gasteiger partial charge in [0.25, 0.3) is 5.91 Å². The zero-order chi connectivity index (χ0) is 18.3. The van der Waals surface area contributed by atoms with Crippen molar-refractivity contribution in [3.05, 3.63) is 71.9 Å². The fourth-order valence-electron chi connectivity index (χ4n) is 3.09. The summed E-state index contributed by atoms with van der Waals surface area (Å²) < 4.78 is 3.69. The molecule has 130 valence electrons. The molecule has 0 fully saturated rings. The van der Waals surface area contributed by atoms with Crippen LogP contribution >= 0.6 is 0 Å². The number of carbonyl (C=O) groups excluding carboxylic acids is 1. The molecule has 0 aliphatic carbocycles. The molecule has 3 aromatic heterocycles. The van der Waals surface area contributed by atoms with Crippen LogP contribution in [-0.2, 0) is 7.05 Å². The Morgan fingerprint density at radius 3 is 2.54 bits per heavy atom. The van der Waals surface area contributed by atoms with E-state index in [2.05, 4.69) is 15.4 Å². The average molecular weight is 345 g/mol. The van der Waals surface area contributed by atoms with Gasteiger partial charge in [0.2, 0.25) is 0 Å². The number of nitrogens with zero attached hydrogens (tertiary/aromatic N) is 4. The van der Waals surface area contributed by atoms with Crippen molar-refractivity contribution in [3.63, 3.8) is 0 Å². The molecule has 1 aromatic carbocycles. The molecule has 0 aliphatic heterocycles. The summed E-state index contributed by atoms with van der Waals surface area (Å²) >= 11 is 0. The van der Waals surface area contributed by atoms with Crippen LogP contribution in [-0.4, -0.2) is 25.1 Å². The maximum absolute atomic E-state index is 12.7. The van der Waals surface area contributed by atoms with Crippen molar-refractivity contribution in [1.82, 2.24) is 19.2 Å².